The van der Waals surface area contributed by atoms with E-state index in [-0.39, 0.29) is 17.7 Å². The summed E-state index contributed by atoms with van der Waals surface area (Å²) in [5.41, 5.74) is 0.987. The van der Waals surface area contributed by atoms with Gasteiger partial charge in [-0.3, -0.25) is 9.59 Å². The molecule has 98 valence electrons. The molecule has 1 rings (SSSR count). The number of carbonyl (C=O) groups excluding carboxylic acids is 2. The lowest BCUT2D eigenvalue weighted by molar-refractivity contribution is -0.124. The molecule has 0 aliphatic rings. The van der Waals surface area contributed by atoms with Crippen LogP contribution in [0.2, 0.25) is 0 Å². The lowest BCUT2D eigenvalue weighted by Gasteiger charge is -2.08. The zero-order valence-electron chi connectivity index (χ0n) is 10.9. The largest absolute Gasteiger partial charge is 0.354 e. The smallest absolute Gasteiger partial charge is 0.224 e. The van der Waals surface area contributed by atoms with Crippen LogP contribution in [0.3, 0.4) is 0 Å². The Balaban J connectivity index is 2.16. The Bertz CT molecular complexity index is 388. The minimum Gasteiger partial charge on any atom is -0.354 e. The third-order valence-corrected chi connectivity index (χ3v) is 2.48. The zero-order valence-corrected chi connectivity index (χ0v) is 10.9. The molecule has 18 heavy (non-hydrogen) atoms. The fourth-order valence-corrected chi connectivity index (χ4v) is 1.44. The molecule has 2 amide bonds. The van der Waals surface area contributed by atoms with Gasteiger partial charge in [-0.05, 0) is 5.56 Å². The Labute approximate surface area is 108 Å². The Kier molecular flexibility index (Phi) is 5.91. The molecule has 1 aromatic rings. The molecule has 0 aliphatic carbocycles. The maximum atomic E-state index is 11.6. The number of rotatable bonds is 6. The second-order valence-corrected chi connectivity index (χ2v) is 4.46. The zero-order chi connectivity index (χ0) is 13.4. The Hall–Kier alpha value is -1.84. The van der Waals surface area contributed by atoms with E-state index in [1.54, 1.807) is 0 Å². The van der Waals surface area contributed by atoms with Crippen molar-refractivity contribution in [1.82, 2.24) is 10.6 Å². The van der Waals surface area contributed by atoms with E-state index in [2.05, 4.69) is 10.6 Å². The van der Waals surface area contributed by atoms with Crippen LogP contribution < -0.4 is 10.6 Å². The van der Waals surface area contributed by atoms with Crippen LogP contribution in [-0.2, 0) is 16.0 Å². The van der Waals surface area contributed by atoms with Gasteiger partial charge in [-0.25, -0.2) is 0 Å². The van der Waals surface area contributed by atoms with E-state index in [4.69, 9.17) is 0 Å². The van der Waals surface area contributed by atoms with Crippen molar-refractivity contribution in [3.05, 3.63) is 35.9 Å². The highest BCUT2D eigenvalue weighted by Gasteiger charge is 2.06. The van der Waals surface area contributed by atoms with Gasteiger partial charge in [-0.15, -0.1) is 0 Å². The summed E-state index contributed by atoms with van der Waals surface area (Å²) in [4.78, 5) is 22.8. The van der Waals surface area contributed by atoms with Gasteiger partial charge in [0.2, 0.25) is 11.8 Å². The van der Waals surface area contributed by atoms with Crippen molar-refractivity contribution in [2.45, 2.75) is 20.3 Å². The molecule has 0 atom stereocenters. The van der Waals surface area contributed by atoms with Gasteiger partial charge in [0.25, 0.3) is 0 Å². The number of carbonyl (C=O) groups is 2. The molecule has 0 unspecified atom stereocenters. The molecule has 0 spiro atoms. The van der Waals surface area contributed by atoms with Crippen molar-refractivity contribution >= 4 is 11.8 Å². The first kappa shape index (κ1) is 14.2. The van der Waals surface area contributed by atoms with Gasteiger partial charge < -0.3 is 10.6 Å². The van der Waals surface area contributed by atoms with Gasteiger partial charge in [-0.2, -0.15) is 0 Å². The molecule has 0 heterocycles. The molecule has 1 aromatic carbocycles. The summed E-state index contributed by atoms with van der Waals surface area (Å²) in [5, 5.41) is 5.52. The van der Waals surface area contributed by atoms with Crippen LogP contribution in [0.1, 0.15) is 19.4 Å². The van der Waals surface area contributed by atoms with E-state index in [9.17, 15) is 9.59 Å². The van der Waals surface area contributed by atoms with Crippen LogP contribution in [0.5, 0.6) is 0 Å². The third kappa shape index (κ3) is 5.48. The summed E-state index contributed by atoms with van der Waals surface area (Å²) in [5.74, 6) is -0.0441. The quantitative estimate of drug-likeness (QED) is 0.741. The monoisotopic (exact) mass is 248 g/mol. The number of hydrogen-bond donors (Lipinski definition) is 2. The van der Waals surface area contributed by atoms with Gasteiger partial charge in [0.1, 0.15) is 0 Å². The number of hydrogen-bond acceptors (Lipinski definition) is 2. The molecule has 0 aliphatic heterocycles. The summed E-state index contributed by atoms with van der Waals surface area (Å²) in [6.07, 6.45) is 0.374. The van der Waals surface area contributed by atoms with E-state index in [1.165, 1.54) is 0 Å². The topological polar surface area (TPSA) is 58.2 Å². The molecule has 2 N–H and O–H groups in total. The van der Waals surface area contributed by atoms with Crippen molar-refractivity contribution in [2.24, 2.45) is 5.92 Å². The van der Waals surface area contributed by atoms with E-state index < -0.39 is 0 Å². The highest BCUT2D eigenvalue weighted by molar-refractivity contribution is 5.79. The lowest BCUT2D eigenvalue weighted by Crippen LogP contribution is -2.36. The molecular weight excluding hydrogens is 228 g/mol. The Morgan fingerprint density at radius 2 is 1.67 bits per heavy atom. The standard InChI is InChI=1S/C14H20N2O2/c1-11(2)14(18)16-9-8-15-13(17)10-12-6-4-3-5-7-12/h3-7,11H,8-10H2,1-2H3,(H,15,17)(H,16,18). The highest BCUT2D eigenvalue weighted by Crippen LogP contribution is 1.98. The fourth-order valence-electron chi connectivity index (χ4n) is 1.44. The average Bonchev–Trinajstić information content (AvgIpc) is 2.35. The predicted octanol–water partition coefficient (Wildman–Crippen LogP) is 1.12. The first-order valence-corrected chi connectivity index (χ1v) is 6.18. The van der Waals surface area contributed by atoms with E-state index >= 15 is 0 Å². The second-order valence-electron chi connectivity index (χ2n) is 4.46. The van der Waals surface area contributed by atoms with Crippen LogP contribution in [0.4, 0.5) is 0 Å². The first-order chi connectivity index (χ1) is 8.59. The first-order valence-electron chi connectivity index (χ1n) is 6.18. The van der Waals surface area contributed by atoms with Crippen LogP contribution in [0.15, 0.2) is 30.3 Å². The van der Waals surface area contributed by atoms with Crippen molar-refractivity contribution in [1.29, 1.82) is 0 Å². The van der Waals surface area contributed by atoms with Crippen molar-refractivity contribution in [3.63, 3.8) is 0 Å². The maximum Gasteiger partial charge on any atom is 0.224 e. The molecule has 4 heteroatoms. The van der Waals surface area contributed by atoms with Gasteiger partial charge in [-0.1, -0.05) is 44.2 Å². The van der Waals surface area contributed by atoms with Gasteiger partial charge in [0.05, 0.1) is 6.42 Å². The normalized spacial score (nSPS) is 10.2. The third-order valence-electron chi connectivity index (χ3n) is 2.48. The molecule has 0 saturated carbocycles. The second kappa shape index (κ2) is 7.48. The summed E-state index contributed by atoms with van der Waals surface area (Å²) >= 11 is 0. The van der Waals surface area contributed by atoms with Gasteiger partial charge in [0, 0.05) is 19.0 Å². The van der Waals surface area contributed by atoms with Gasteiger partial charge >= 0.3 is 0 Å². The van der Waals surface area contributed by atoms with Crippen LogP contribution in [0, 0.1) is 5.92 Å². The highest BCUT2D eigenvalue weighted by atomic mass is 16.2. The maximum absolute atomic E-state index is 11.6. The number of nitrogens with one attached hydrogen (secondary N) is 2. The average molecular weight is 248 g/mol. The minimum atomic E-state index is -0.0278. The van der Waals surface area contributed by atoms with Crippen molar-refractivity contribution in [2.75, 3.05) is 13.1 Å². The number of amides is 2. The van der Waals surface area contributed by atoms with E-state index in [0.717, 1.165) is 5.56 Å². The number of benzene rings is 1. The molecule has 0 bridgehead atoms. The molecule has 0 saturated heterocycles. The van der Waals surface area contributed by atoms with Gasteiger partial charge in [0.15, 0.2) is 0 Å². The minimum absolute atomic E-state index is 0.00677. The summed E-state index contributed by atoms with van der Waals surface area (Å²) in [6, 6.07) is 9.57. The summed E-state index contributed by atoms with van der Waals surface area (Å²) < 4.78 is 0. The lowest BCUT2D eigenvalue weighted by atomic mass is 10.1. The molecule has 4 nitrogen and oxygen atoms in total. The summed E-state index contributed by atoms with van der Waals surface area (Å²) in [7, 11) is 0. The van der Waals surface area contributed by atoms with Crippen LogP contribution >= 0.6 is 0 Å². The molecule has 0 fully saturated rings. The fraction of sp³-hybridized carbons (Fsp3) is 0.429. The molecular formula is C14H20N2O2. The SMILES string of the molecule is CC(C)C(=O)NCCNC(=O)Cc1ccccc1. The Morgan fingerprint density at radius 1 is 1.06 bits per heavy atom. The predicted molar refractivity (Wildman–Crippen MR) is 71.0 cm³/mol. The Morgan fingerprint density at radius 3 is 2.28 bits per heavy atom. The van der Waals surface area contributed by atoms with Crippen LogP contribution in [0.25, 0.3) is 0 Å². The van der Waals surface area contributed by atoms with Crippen molar-refractivity contribution in [3.8, 4) is 0 Å². The molecule has 0 radical (unpaired) electrons. The van der Waals surface area contributed by atoms with E-state index in [0.29, 0.717) is 19.5 Å². The molecule has 0 aromatic heterocycles. The van der Waals surface area contributed by atoms with Crippen LogP contribution in [-0.4, -0.2) is 24.9 Å². The summed E-state index contributed by atoms with van der Waals surface area (Å²) in [6.45, 7) is 4.61. The van der Waals surface area contributed by atoms with E-state index in [1.807, 2.05) is 44.2 Å². The van der Waals surface area contributed by atoms with Crippen molar-refractivity contribution < 1.29 is 9.59 Å².